The van der Waals surface area contributed by atoms with Gasteiger partial charge in [0.15, 0.2) is 5.65 Å². The number of nitrogens with zero attached hydrogens (tertiary/aromatic N) is 3. The Hall–Kier alpha value is -1.94. The number of aliphatic hydroxyl groups is 1. The first-order valence-corrected chi connectivity index (χ1v) is 5.23. The summed E-state index contributed by atoms with van der Waals surface area (Å²) < 4.78 is 1.99. The van der Waals surface area contributed by atoms with Crippen molar-refractivity contribution < 1.29 is 5.11 Å². The van der Waals surface area contributed by atoms with Crippen LogP contribution in [0.3, 0.4) is 0 Å². The molecule has 1 aromatic carbocycles. The lowest BCUT2D eigenvalue weighted by Gasteiger charge is -2.03. The predicted octanol–water partition coefficient (Wildman–Crippen LogP) is 1.42. The van der Waals surface area contributed by atoms with Crippen LogP contribution >= 0.6 is 0 Å². The smallest absolute Gasteiger partial charge is 0.161 e. The molecule has 0 saturated carbocycles. The minimum absolute atomic E-state index is 0.0873. The highest BCUT2D eigenvalue weighted by atomic mass is 16.3. The number of pyridine rings is 1. The summed E-state index contributed by atoms with van der Waals surface area (Å²) in [4.78, 5) is 0. The van der Waals surface area contributed by atoms with E-state index in [4.69, 9.17) is 5.11 Å². The van der Waals surface area contributed by atoms with Gasteiger partial charge < -0.3 is 5.11 Å². The standard InChI is InChI=1S/C12H11N3O/c16-8-7-12-14-13-11-6-5-9-3-1-2-4-10(9)15(11)12/h1-6,16H,7-8H2. The summed E-state index contributed by atoms with van der Waals surface area (Å²) in [7, 11) is 0. The number of aliphatic hydroxyl groups excluding tert-OH is 1. The van der Waals surface area contributed by atoms with Crippen molar-refractivity contribution in [2.24, 2.45) is 0 Å². The fraction of sp³-hybridized carbons (Fsp3) is 0.167. The van der Waals surface area contributed by atoms with Crippen LogP contribution in [0.25, 0.3) is 16.6 Å². The third-order valence-electron chi connectivity index (χ3n) is 2.68. The van der Waals surface area contributed by atoms with Crippen molar-refractivity contribution in [1.29, 1.82) is 0 Å². The zero-order valence-electron chi connectivity index (χ0n) is 8.67. The molecule has 0 unspecified atom stereocenters. The normalized spacial score (nSPS) is 11.3. The van der Waals surface area contributed by atoms with Crippen LogP contribution < -0.4 is 0 Å². The molecule has 2 heterocycles. The average Bonchev–Trinajstić information content (AvgIpc) is 2.73. The van der Waals surface area contributed by atoms with Crippen molar-refractivity contribution in [3.63, 3.8) is 0 Å². The van der Waals surface area contributed by atoms with Gasteiger partial charge in [-0.1, -0.05) is 18.2 Å². The summed E-state index contributed by atoms with van der Waals surface area (Å²) in [6.07, 6.45) is 0.523. The highest BCUT2D eigenvalue weighted by Crippen LogP contribution is 2.17. The summed E-state index contributed by atoms with van der Waals surface area (Å²) in [5.74, 6) is 0.800. The van der Waals surface area contributed by atoms with Crippen LogP contribution in [0.4, 0.5) is 0 Å². The first-order valence-electron chi connectivity index (χ1n) is 5.23. The van der Waals surface area contributed by atoms with Crippen molar-refractivity contribution in [3.8, 4) is 0 Å². The van der Waals surface area contributed by atoms with Gasteiger partial charge in [-0.2, -0.15) is 0 Å². The Morgan fingerprint density at radius 3 is 2.81 bits per heavy atom. The Labute approximate surface area is 92.2 Å². The molecule has 4 heteroatoms. The summed E-state index contributed by atoms with van der Waals surface area (Å²) >= 11 is 0. The molecule has 3 aromatic rings. The van der Waals surface area contributed by atoms with E-state index < -0.39 is 0 Å². The minimum atomic E-state index is 0.0873. The van der Waals surface area contributed by atoms with Gasteiger partial charge in [0, 0.05) is 6.42 Å². The monoisotopic (exact) mass is 213 g/mol. The van der Waals surface area contributed by atoms with Crippen molar-refractivity contribution >= 4 is 16.6 Å². The lowest BCUT2D eigenvalue weighted by atomic mass is 10.2. The van der Waals surface area contributed by atoms with Gasteiger partial charge in [-0.15, -0.1) is 10.2 Å². The van der Waals surface area contributed by atoms with Crippen molar-refractivity contribution in [1.82, 2.24) is 14.6 Å². The molecule has 4 nitrogen and oxygen atoms in total. The van der Waals surface area contributed by atoms with E-state index in [0.717, 1.165) is 22.4 Å². The molecular formula is C12H11N3O. The second-order valence-corrected chi connectivity index (χ2v) is 3.68. The zero-order chi connectivity index (χ0) is 11.0. The molecule has 3 rings (SSSR count). The van der Waals surface area contributed by atoms with Gasteiger partial charge in [0.05, 0.1) is 12.1 Å². The van der Waals surface area contributed by atoms with Crippen LogP contribution in [0.1, 0.15) is 5.82 Å². The second kappa shape index (κ2) is 3.57. The number of fused-ring (bicyclic) bond motifs is 3. The first-order chi connectivity index (χ1) is 7.90. The molecule has 0 aliphatic heterocycles. The number of aromatic nitrogens is 3. The fourth-order valence-electron chi connectivity index (χ4n) is 1.96. The van der Waals surface area contributed by atoms with Gasteiger partial charge in [-0.25, -0.2) is 0 Å². The molecule has 0 aliphatic rings. The third-order valence-corrected chi connectivity index (χ3v) is 2.68. The third kappa shape index (κ3) is 1.27. The van der Waals surface area contributed by atoms with Crippen LogP contribution in [0.5, 0.6) is 0 Å². The lowest BCUT2D eigenvalue weighted by molar-refractivity contribution is 0.296. The summed E-state index contributed by atoms with van der Waals surface area (Å²) in [6.45, 7) is 0.0873. The van der Waals surface area contributed by atoms with Crippen molar-refractivity contribution in [2.75, 3.05) is 6.61 Å². The molecule has 1 N–H and O–H groups in total. The Balaban J connectivity index is 2.42. The van der Waals surface area contributed by atoms with Crippen molar-refractivity contribution in [3.05, 3.63) is 42.2 Å². The molecule has 0 saturated heterocycles. The van der Waals surface area contributed by atoms with Crippen LogP contribution in [-0.4, -0.2) is 26.3 Å². The van der Waals surface area contributed by atoms with E-state index in [9.17, 15) is 0 Å². The van der Waals surface area contributed by atoms with Crippen LogP contribution in [0.2, 0.25) is 0 Å². The van der Waals surface area contributed by atoms with Crippen LogP contribution in [-0.2, 0) is 6.42 Å². The molecule has 0 atom stereocenters. The highest BCUT2D eigenvalue weighted by molar-refractivity contribution is 5.81. The van der Waals surface area contributed by atoms with Gasteiger partial charge in [0.25, 0.3) is 0 Å². The molecule has 80 valence electrons. The number of rotatable bonds is 2. The maximum absolute atomic E-state index is 8.99. The molecule has 16 heavy (non-hydrogen) atoms. The van der Waals surface area contributed by atoms with Gasteiger partial charge in [0.2, 0.25) is 0 Å². The topological polar surface area (TPSA) is 50.4 Å². The Kier molecular flexibility index (Phi) is 2.08. The number of benzene rings is 1. The molecule has 2 aromatic heterocycles. The van der Waals surface area contributed by atoms with E-state index >= 15 is 0 Å². The Morgan fingerprint density at radius 2 is 1.94 bits per heavy atom. The van der Waals surface area contributed by atoms with E-state index in [1.54, 1.807) is 0 Å². The number of para-hydroxylation sites is 1. The minimum Gasteiger partial charge on any atom is -0.396 e. The SMILES string of the molecule is OCCc1nnc2ccc3ccccc3n12. The molecule has 0 aliphatic carbocycles. The molecule has 0 spiro atoms. The lowest BCUT2D eigenvalue weighted by Crippen LogP contribution is -1.99. The Morgan fingerprint density at radius 1 is 1.06 bits per heavy atom. The fourth-order valence-corrected chi connectivity index (χ4v) is 1.96. The average molecular weight is 213 g/mol. The van der Waals surface area contributed by atoms with E-state index in [1.165, 1.54) is 0 Å². The maximum Gasteiger partial charge on any atom is 0.161 e. The summed E-state index contributed by atoms with van der Waals surface area (Å²) in [5, 5.41) is 18.3. The quantitative estimate of drug-likeness (QED) is 0.700. The summed E-state index contributed by atoms with van der Waals surface area (Å²) in [6, 6.07) is 12.1. The van der Waals surface area contributed by atoms with E-state index in [0.29, 0.717) is 6.42 Å². The first kappa shape index (κ1) is 9.30. The second-order valence-electron chi connectivity index (χ2n) is 3.68. The maximum atomic E-state index is 8.99. The molecule has 0 bridgehead atoms. The Bertz CT molecular complexity index is 645. The highest BCUT2D eigenvalue weighted by Gasteiger charge is 2.07. The van der Waals surface area contributed by atoms with Gasteiger partial charge in [0.1, 0.15) is 5.82 Å². The van der Waals surface area contributed by atoms with Crippen LogP contribution in [0.15, 0.2) is 36.4 Å². The number of hydrogen-bond acceptors (Lipinski definition) is 3. The van der Waals surface area contributed by atoms with Crippen molar-refractivity contribution in [2.45, 2.75) is 6.42 Å². The molecule has 0 amide bonds. The van der Waals surface area contributed by atoms with E-state index in [2.05, 4.69) is 16.3 Å². The molecule has 0 fully saturated rings. The van der Waals surface area contributed by atoms with Crippen LogP contribution in [0, 0.1) is 0 Å². The van der Waals surface area contributed by atoms with Gasteiger partial charge in [-0.3, -0.25) is 4.40 Å². The number of hydrogen-bond donors (Lipinski definition) is 1. The summed E-state index contributed by atoms with van der Waals surface area (Å²) in [5.41, 5.74) is 1.90. The zero-order valence-corrected chi connectivity index (χ0v) is 8.67. The molecule has 0 radical (unpaired) electrons. The largest absolute Gasteiger partial charge is 0.396 e. The van der Waals surface area contributed by atoms with Gasteiger partial charge in [-0.05, 0) is 23.6 Å². The van der Waals surface area contributed by atoms with Gasteiger partial charge >= 0.3 is 0 Å². The molecular weight excluding hydrogens is 202 g/mol. The van der Waals surface area contributed by atoms with E-state index in [1.807, 2.05) is 34.7 Å². The van der Waals surface area contributed by atoms with E-state index in [-0.39, 0.29) is 6.61 Å². The predicted molar refractivity (Wildman–Crippen MR) is 61.3 cm³/mol.